The Morgan fingerprint density at radius 1 is 1.17 bits per heavy atom. The summed E-state index contributed by atoms with van der Waals surface area (Å²) in [4.78, 5) is 11.0. The second-order valence-corrected chi connectivity index (χ2v) is 4.80. The lowest BCUT2D eigenvalue weighted by Gasteiger charge is -2.12. The molecule has 0 amide bonds. The van der Waals surface area contributed by atoms with E-state index in [-0.39, 0.29) is 5.92 Å². The van der Waals surface area contributed by atoms with E-state index in [0.29, 0.717) is 6.42 Å². The summed E-state index contributed by atoms with van der Waals surface area (Å²) in [5.41, 5.74) is 1.25. The van der Waals surface area contributed by atoms with Gasteiger partial charge in [-0.05, 0) is 28.7 Å². The first kappa shape index (κ1) is 11.2. The molecule has 92 valence electrons. The van der Waals surface area contributed by atoms with Gasteiger partial charge in [0.15, 0.2) is 0 Å². The molecule has 1 fully saturated rings. The topological polar surface area (TPSA) is 49.3 Å². The summed E-state index contributed by atoms with van der Waals surface area (Å²) in [6.45, 7) is 0.741. The molecule has 1 aliphatic rings. The highest BCUT2D eigenvalue weighted by atomic mass is 16.4. The van der Waals surface area contributed by atoms with E-state index in [1.165, 1.54) is 16.3 Å². The molecule has 1 saturated heterocycles. The summed E-state index contributed by atoms with van der Waals surface area (Å²) < 4.78 is 0. The zero-order valence-electron chi connectivity index (χ0n) is 9.97. The lowest BCUT2D eigenvalue weighted by atomic mass is 9.91. The number of benzene rings is 2. The maximum atomic E-state index is 11.0. The van der Waals surface area contributed by atoms with Crippen LogP contribution in [0.3, 0.4) is 0 Å². The average molecular weight is 241 g/mol. The van der Waals surface area contributed by atoms with Crippen molar-refractivity contribution < 1.29 is 9.90 Å². The molecular formula is C15H15NO2. The molecule has 2 N–H and O–H groups in total. The van der Waals surface area contributed by atoms with Crippen LogP contribution < -0.4 is 5.32 Å². The monoisotopic (exact) mass is 241 g/mol. The van der Waals surface area contributed by atoms with Crippen molar-refractivity contribution in [2.75, 3.05) is 6.54 Å². The number of carboxylic acid groups (broad SMARTS) is 1. The van der Waals surface area contributed by atoms with E-state index in [1.54, 1.807) is 0 Å². The second kappa shape index (κ2) is 4.42. The SMILES string of the molecule is O=C(O)[C@@H]1CC(c2cccc3ccccc23)CN1. The van der Waals surface area contributed by atoms with Crippen molar-refractivity contribution in [1.82, 2.24) is 5.32 Å². The molecule has 2 atom stereocenters. The van der Waals surface area contributed by atoms with Gasteiger partial charge in [-0.3, -0.25) is 4.79 Å². The van der Waals surface area contributed by atoms with Crippen LogP contribution in [0.4, 0.5) is 0 Å². The summed E-state index contributed by atoms with van der Waals surface area (Å²) in [6.07, 6.45) is 0.670. The van der Waals surface area contributed by atoms with Gasteiger partial charge in [0.25, 0.3) is 0 Å². The summed E-state index contributed by atoms with van der Waals surface area (Å²) in [5, 5.41) is 14.5. The van der Waals surface area contributed by atoms with Crippen molar-refractivity contribution in [2.45, 2.75) is 18.4 Å². The predicted octanol–water partition coefficient (Wildman–Crippen LogP) is 2.37. The Morgan fingerprint density at radius 3 is 2.72 bits per heavy atom. The number of carbonyl (C=O) groups is 1. The van der Waals surface area contributed by atoms with Crippen LogP contribution in [0.25, 0.3) is 10.8 Å². The van der Waals surface area contributed by atoms with Crippen LogP contribution in [-0.2, 0) is 4.79 Å². The Labute approximate surface area is 105 Å². The number of hydrogen-bond acceptors (Lipinski definition) is 2. The van der Waals surface area contributed by atoms with Crippen molar-refractivity contribution in [3.05, 3.63) is 48.0 Å². The third-order valence-corrected chi connectivity index (χ3v) is 3.69. The molecule has 1 aliphatic heterocycles. The van der Waals surface area contributed by atoms with Crippen LogP contribution in [0.5, 0.6) is 0 Å². The molecule has 2 aromatic carbocycles. The summed E-state index contributed by atoms with van der Waals surface area (Å²) in [7, 11) is 0. The molecule has 3 heteroatoms. The smallest absolute Gasteiger partial charge is 0.320 e. The van der Waals surface area contributed by atoms with E-state index in [4.69, 9.17) is 5.11 Å². The molecule has 0 radical (unpaired) electrons. The summed E-state index contributed by atoms with van der Waals surface area (Å²) in [6, 6.07) is 14.1. The highest BCUT2D eigenvalue weighted by Gasteiger charge is 2.30. The van der Waals surface area contributed by atoms with Gasteiger partial charge < -0.3 is 10.4 Å². The summed E-state index contributed by atoms with van der Waals surface area (Å²) in [5.74, 6) is -0.463. The maximum absolute atomic E-state index is 11.0. The molecule has 2 aromatic rings. The van der Waals surface area contributed by atoms with E-state index in [9.17, 15) is 4.79 Å². The molecule has 0 aliphatic carbocycles. The van der Waals surface area contributed by atoms with Gasteiger partial charge in [0.2, 0.25) is 0 Å². The largest absolute Gasteiger partial charge is 0.480 e. The lowest BCUT2D eigenvalue weighted by molar-refractivity contribution is -0.139. The number of rotatable bonds is 2. The van der Waals surface area contributed by atoms with Crippen LogP contribution in [-0.4, -0.2) is 23.7 Å². The van der Waals surface area contributed by atoms with Crippen molar-refractivity contribution in [3.8, 4) is 0 Å². The Balaban J connectivity index is 1.98. The van der Waals surface area contributed by atoms with Crippen LogP contribution >= 0.6 is 0 Å². The van der Waals surface area contributed by atoms with Gasteiger partial charge in [-0.1, -0.05) is 42.5 Å². The first-order valence-corrected chi connectivity index (χ1v) is 6.19. The zero-order valence-corrected chi connectivity index (χ0v) is 9.97. The minimum atomic E-state index is -0.752. The molecule has 3 rings (SSSR count). The van der Waals surface area contributed by atoms with Gasteiger partial charge in [0.05, 0.1) is 0 Å². The molecule has 0 saturated carbocycles. The van der Waals surface area contributed by atoms with E-state index >= 15 is 0 Å². The Hall–Kier alpha value is -1.87. The zero-order chi connectivity index (χ0) is 12.5. The van der Waals surface area contributed by atoms with Gasteiger partial charge in [0.1, 0.15) is 6.04 Å². The first-order valence-electron chi connectivity index (χ1n) is 6.19. The third-order valence-electron chi connectivity index (χ3n) is 3.69. The molecule has 1 heterocycles. The average Bonchev–Trinajstić information content (AvgIpc) is 2.87. The van der Waals surface area contributed by atoms with E-state index in [1.807, 2.05) is 18.2 Å². The van der Waals surface area contributed by atoms with Gasteiger partial charge in [-0.15, -0.1) is 0 Å². The molecule has 0 aromatic heterocycles. The van der Waals surface area contributed by atoms with Crippen LogP contribution in [0.1, 0.15) is 17.9 Å². The van der Waals surface area contributed by atoms with E-state index < -0.39 is 12.0 Å². The number of hydrogen-bond donors (Lipinski definition) is 2. The van der Waals surface area contributed by atoms with Crippen molar-refractivity contribution >= 4 is 16.7 Å². The van der Waals surface area contributed by atoms with Crippen molar-refractivity contribution in [3.63, 3.8) is 0 Å². The van der Waals surface area contributed by atoms with Gasteiger partial charge in [-0.2, -0.15) is 0 Å². The van der Waals surface area contributed by atoms with E-state index in [2.05, 4.69) is 29.6 Å². The van der Waals surface area contributed by atoms with Crippen molar-refractivity contribution in [2.24, 2.45) is 0 Å². The maximum Gasteiger partial charge on any atom is 0.320 e. The Kier molecular flexibility index (Phi) is 2.76. The standard InChI is InChI=1S/C15H15NO2/c17-15(18)14-8-11(9-16-14)13-7-3-5-10-4-1-2-6-12(10)13/h1-7,11,14,16H,8-9H2,(H,17,18)/t11?,14-/m0/s1. The summed E-state index contributed by atoms with van der Waals surface area (Å²) >= 11 is 0. The fraction of sp³-hybridized carbons (Fsp3) is 0.267. The fourth-order valence-electron chi connectivity index (χ4n) is 2.77. The molecule has 1 unspecified atom stereocenters. The number of nitrogens with one attached hydrogen (secondary N) is 1. The lowest BCUT2D eigenvalue weighted by Crippen LogP contribution is -2.29. The van der Waals surface area contributed by atoms with Crippen LogP contribution in [0.15, 0.2) is 42.5 Å². The quantitative estimate of drug-likeness (QED) is 0.848. The predicted molar refractivity (Wildman–Crippen MR) is 70.7 cm³/mol. The number of aliphatic carboxylic acids is 1. The number of fused-ring (bicyclic) bond motifs is 1. The number of carboxylic acids is 1. The van der Waals surface area contributed by atoms with Gasteiger partial charge in [0, 0.05) is 6.54 Å². The molecule has 3 nitrogen and oxygen atoms in total. The van der Waals surface area contributed by atoms with Crippen LogP contribution in [0, 0.1) is 0 Å². The molecular weight excluding hydrogens is 226 g/mol. The van der Waals surface area contributed by atoms with Gasteiger partial charge >= 0.3 is 5.97 Å². The normalized spacial score (nSPS) is 23.3. The Morgan fingerprint density at radius 2 is 1.94 bits per heavy atom. The third kappa shape index (κ3) is 1.87. The van der Waals surface area contributed by atoms with Crippen molar-refractivity contribution in [1.29, 1.82) is 0 Å². The minimum Gasteiger partial charge on any atom is -0.480 e. The molecule has 0 bridgehead atoms. The van der Waals surface area contributed by atoms with Gasteiger partial charge in [-0.25, -0.2) is 0 Å². The minimum absolute atomic E-state index is 0.289. The highest BCUT2D eigenvalue weighted by Crippen LogP contribution is 2.31. The Bertz CT molecular complexity index is 589. The fourth-order valence-corrected chi connectivity index (χ4v) is 2.77. The van der Waals surface area contributed by atoms with Crippen LogP contribution in [0.2, 0.25) is 0 Å². The highest BCUT2D eigenvalue weighted by molar-refractivity contribution is 5.86. The molecule has 18 heavy (non-hydrogen) atoms. The molecule has 0 spiro atoms. The second-order valence-electron chi connectivity index (χ2n) is 4.80. The van der Waals surface area contributed by atoms with E-state index in [0.717, 1.165) is 6.54 Å². The first-order chi connectivity index (χ1) is 8.75.